The second-order valence-electron chi connectivity index (χ2n) is 5.24. The average Bonchev–Trinajstić information content (AvgIpc) is 2.56. The van der Waals surface area contributed by atoms with Crippen molar-refractivity contribution in [2.75, 3.05) is 7.11 Å². The number of hydrogen-bond donors (Lipinski definition) is 1. The van der Waals surface area contributed by atoms with E-state index in [1.54, 1.807) is 0 Å². The van der Waals surface area contributed by atoms with Gasteiger partial charge >= 0.3 is 5.97 Å². The molecule has 5 heteroatoms. The van der Waals surface area contributed by atoms with Gasteiger partial charge in [0.15, 0.2) is 14.4 Å². The Morgan fingerprint density at radius 1 is 1.14 bits per heavy atom. The Bertz CT molecular complexity index is 426. The Morgan fingerprint density at radius 2 is 1.67 bits per heavy atom. The summed E-state index contributed by atoms with van der Waals surface area (Å²) in [7, 11) is -0.558. The zero-order valence-corrected chi connectivity index (χ0v) is 14.5. The monoisotopic (exact) mass is 309 g/mol. The van der Waals surface area contributed by atoms with Crippen LogP contribution in [0.4, 0.5) is 0 Å². The lowest BCUT2D eigenvalue weighted by Crippen LogP contribution is -2.47. The maximum absolute atomic E-state index is 12.1. The summed E-state index contributed by atoms with van der Waals surface area (Å²) < 4.78 is 11.2. The van der Waals surface area contributed by atoms with Gasteiger partial charge in [0.1, 0.15) is 0 Å². The molecule has 2 unspecified atom stereocenters. The molecular weight excluding hydrogens is 282 g/mol. The standard InChI is InChI=1S/C16H27NO3Si/c1-5-21(6-2,7-3)20-15(16(18)19-4)14(17)13-11-9-8-10-12-13/h8-12,14-15H,5-7,17H2,1-4H3. The minimum Gasteiger partial charge on any atom is -0.467 e. The number of benzene rings is 1. The first kappa shape index (κ1) is 17.9. The lowest BCUT2D eigenvalue weighted by atomic mass is 10.0. The van der Waals surface area contributed by atoms with Gasteiger partial charge in [-0.25, -0.2) is 4.79 Å². The summed E-state index contributed by atoms with van der Waals surface area (Å²) in [6.45, 7) is 6.38. The molecule has 2 atom stereocenters. The molecule has 0 heterocycles. The molecule has 0 amide bonds. The minimum atomic E-state index is -1.94. The molecule has 4 nitrogen and oxygen atoms in total. The number of methoxy groups -OCH3 is 1. The Labute approximate surface area is 128 Å². The lowest BCUT2D eigenvalue weighted by Gasteiger charge is -2.34. The zero-order chi connectivity index (χ0) is 15.9. The molecule has 0 aliphatic carbocycles. The molecule has 0 aliphatic heterocycles. The maximum atomic E-state index is 12.1. The van der Waals surface area contributed by atoms with Crippen molar-refractivity contribution in [2.45, 2.75) is 51.0 Å². The third-order valence-electron chi connectivity index (χ3n) is 4.25. The Balaban J connectivity index is 3.03. The predicted molar refractivity (Wildman–Crippen MR) is 87.5 cm³/mol. The molecule has 21 heavy (non-hydrogen) atoms. The van der Waals surface area contributed by atoms with Crippen LogP contribution in [0.3, 0.4) is 0 Å². The summed E-state index contributed by atoms with van der Waals surface area (Å²) >= 11 is 0. The smallest absolute Gasteiger partial charge is 0.335 e. The van der Waals surface area contributed by atoms with Gasteiger partial charge in [-0.15, -0.1) is 0 Å². The van der Waals surface area contributed by atoms with Crippen LogP contribution in [-0.4, -0.2) is 27.5 Å². The molecule has 118 valence electrons. The fourth-order valence-corrected chi connectivity index (χ4v) is 5.29. The fraction of sp³-hybridized carbons (Fsp3) is 0.562. The minimum absolute atomic E-state index is 0.390. The van der Waals surface area contributed by atoms with Crippen LogP contribution in [-0.2, 0) is 14.0 Å². The van der Waals surface area contributed by atoms with Crippen molar-refractivity contribution in [3.63, 3.8) is 0 Å². The van der Waals surface area contributed by atoms with Crippen LogP contribution in [0.2, 0.25) is 18.1 Å². The highest BCUT2D eigenvalue weighted by Gasteiger charge is 2.38. The molecule has 0 saturated heterocycles. The summed E-state index contributed by atoms with van der Waals surface area (Å²) in [6.07, 6.45) is -0.732. The van der Waals surface area contributed by atoms with E-state index in [1.165, 1.54) is 7.11 Å². The Kier molecular flexibility index (Phi) is 7.08. The molecule has 0 saturated carbocycles. The van der Waals surface area contributed by atoms with E-state index in [4.69, 9.17) is 14.9 Å². The molecule has 0 aliphatic rings. The van der Waals surface area contributed by atoms with Gasteiger partial charge in [0.25, 0.3) is 0 Å². The molecule has 0 aromatic heterocycles. The van der Waals surface area contributed by atoms with Gasteiger partial charge in [-0.05, 0) is 23.7 Å². The van der Waals surface area contributed by atoms with Gasteiger partial charge < -0.3 is 14.9 Å². The van der Waals surface area contributed by atoms with Gasteiger partial charge in [-0.2, -0.15) is 0 Å². The molecule has 1 aromatic carbocycles. The molecule has 0 spiro atoms. The van der Waals surface area contributed by atoms with Crippen LogP contribution in [0.5, 0.6) is 0 Å². The summed E-state index contributed by atoms with van der Waals surface area (Å²) in [6, 6.07) is 12.0. The molecule has 0 bridgehead atoms. The van der Waals surface area contributed by atoms with E-state index < -0.39 is 26.4 Å². The van der Waals surface area contributed by atoms with Crippen molar-refractivity contribution in [2.24, 2.45) is 5.73 Å². The summed E-state index contributed by atoms with van der Waals surface area (Å²) in [4.78, 5) is 12.1. The van der Waals surface area contributed by atoms with Crippen molar-refractivity contribution in [3.8, 4) is 0 Å². The fourth-order valence-electron chi connectivity index (χ4n) is 2.50. The van der Waals surface area contributed by atoms with Crippen LogP contribution < -0.4 is 5.73 Å². The first-order valence-corrected chi connectivity index (χ1v) is 10.1. The second-order valence-corrected chi connectivity index (χ2v) is 9.96. The number of rotatable bonds is 8. The largest absolute Gasteiger partial charge is 0.467 e. The Morgan fingerprint density at radius 3 is 2.10 bits per heavy atom. The SMILES string of the molecule is CC[Si](CC)(CC)OC(C(=O)OC)C(N)c1ccccc1. The molecule has 1 aromatic rings. The molecular formula is C16H27NO3Si. The molecule has 1 rings (SSSR count). The van der Waals surface area contributed by atoms with Gasteiger partial charge in [0, 0.05) is 0 Å². The van der Waals surface area contributed by atoms with Crippen LogP contribution in [0.1, 0.15) is 32.4 Å². The highest BCUT2D eigenvalue weighted by atomic mass is 28.4. The third kappa shape index (κ3) is 4.39. The number of carbonyl (C=O) groups is 1. The molecule has 0 radical (unpaired) electrons. The van der Waals surface area contributed by atoms with Crippen molar-refractivity contribution in [1.82, 2.24) is 0 Å². The van der Waals surface area contributed by atoms with Gasteiger partial charge in [-0.3, -0.25) is 0 Å². The van der Waals surface area contributed by atoms with Crippen molar-refractivity contribution in [1.29, 1.82) is 0 Å². The summed E-state index contributed by atoms with van der Waals surface area (Å²) in [5.41, 5.74) is 7.17. The molecule has 2 N–H and O–H groups in total. The first-order valence-electron chi connectivity index (χ1n) is 7.59. The number of hydrogen-bond acceptors (Lipinski definition) is 4. The van der Waals surface area contributed by atoms with Crippen LogP contribution in [0, 0.1) is 0 Å². The van der Waals surface area contributed by atoms with E-state index in [-0.39, 0.29) is 0 Å². The van der Waals surface area contributed by atoms with Crippen LogP contribution in [0.15, 0.2) is 30.3 Å². The Hall–Kier alpha value is -1.17. The van der Waals surface area contributed by atoms with Crippen molar-refractivity contribution < 1.29 is 14.0 Å². The first-order chi connectivity index (χ1) is 10.0. The van der Waals surface area contributed by atoms with E-state index in [0.717, 1.165) is 23.7 Å². The summed E-state index contributed by atoms with van der Waals surface area (Å²) in [5, 5.41) is 0. The van der Waals surface area contributed by atoms with Crippen LogP contribution >= 0.6 is 0 Å². The number of ether oxygens (including phenoxy) is 1. The maximum Gasteiger partial charge on any atom is 0.335 e. The van der Waals surface area contributed by atoms with E-state index >= 15 is 0 Å². The number of carbonyl (C=O) groups excluding carboxylic acids is 1. The van der Waals surface area contributed by atoms with Gasteiger partial charge in [0.05, 0.1) is 13.2 Å². The van der Waals surface area contributed by atoms with E-state index in [9.17, 15) is 4.79 Å². The van der Waals surface area contributed by atoms with Gasteiger partial charge in [-0.1, -0.05) is 51.1 Å². The van der Waals surface area contributed by atoms with Crippen LogP contribution in [0.25, 0.3) is 0 Å². The zero-order valence-electron chi connectivity index (χ0n) is 13.5. The summed E-state index contributed by atoms with van der Waals surface area (Å²) in [5.74, 6) is -0.390. The number of nitrogens with two attached hydrogens (primary N) is 1. The van der Waals surface area contributed by atoms with Crippen molar-refractivity contribution >= 4 is 14.3 Å². The number of esters is 1. The van der Waals surface area contributed by atoms with E-state index in [0.29, 0.717) is 0 Å². The highest BCUT2D eigenvalue weighted by molar-refractivity contribution is 6.73. The molecule has 0 fully saturated rings. The van der Waals surface area contributed by atoms with Crippen molar-refractivity contribution in [3.05, 3.63) is 35.9 Å². The quantitative estimate of drug-likeness (QED) is 0.591. The van der Waals surface area contributed by atoms with E-state index in [1.807, 2.05) is 30.3 Å². The topological polar surface area (TPSA) is 61.5 Å². The lowest BCUT2D eigenvalue weighted by molar-refractivity contribution is -0.150. The average molecular weight is 309 g/mol. The normalized spacial score (nSPS) is 14.5. The second kappa shape index (κ2) is 8.31. The van der Waals surface area contributed by atoms with E-state index in [2.05, 4.69) is 20.8 Å². The highest BCUT2D eigenvalue weighted by Crippen LogP contribution is 2.28. The third-order valence-corrected chi connectivity index (χ3v) is 8.87. The van der Waals surface area contributed by atoms with Gasteiger partial charge in [0.2, 0.25) is 0 Å². The predicted octanol–water partition coefficient (Wildman–Crippen LogP) is 3.25.